The molecule has 0 radical (unpaired) electrons. The molecule has 0 unspecified atom stereocenters. The Kier molecular flexibility index (Phi) is 7.49. The number of non-ortho nitro benzene ring substituents is 1. The largest absolute Gasteiger partial charge is 0.478 e. The Hall–Kier alpha value is -3.20. The van der Waals surface area contributed by atoms with Gasteiger partial charge in [-0.3, -0.25) is 10.1 Å². The maximum atomic E-state index is 11.3. The maximum Gasteiger partial charge on any atom is 0.328 e. The highest BCUT2D eigenvalue weighted by Crippen LogP contribution is 2.37. The Morgan fingerprint density at radius 2 is 1.79 bits per heavy atom. The second kappa shape index (κ2) is 9.83. The van der Waals surface area contributed by atoms with Crippen LogP contribution in [-0.2, 0) is 9.59 Å². The van der Waals surface area contributed by atoms with Crippen molar-refractivity contribution in [3.63, 3.8) is 0 Å². The van der Waals surface area contributed by atoms with E-state index < -0.39 is 11.9 Å². The van der Waals surface area contributed by atoms with E-state index in [2.05, 4.69) is 23.7 Å². The molecule has 156 valence electrons. The van der Waals surface area contributed by atoms with Gasteiger partial charge in [-0.1, -0.05) is 6.07 Å². The van der Waals surface area contributed by atoms with Gasteiger partial charge in [0.15, 0.2) is 0 Å². The number of carboxylic acid groups (broad SMARTS) is 2. The molecular weight excluding hydrogens is 378 g/mol. The number of carboxylic acids is 2. The van der Waals surface area contributed by atoms with Crippen molar-refractivity contribution in [1.82, 2.24) is 9.88 Å². The SMILES string of the molecule is CC(C)N1CCC(c2c[nH]c3cccc([N+](=O)[O-])c23)CC1.O=C(O)C=CC(=O)O. The summed E-state index contributed by atoms with van der Waals surface area (Å²) >= 11 is 0. The molecule has 9 heteroatoms. The first kappa shape index (κ1) is 22.1. The van der Waals surface area contributed by atoms with Gasteiger partial charge in [0.2, 0.25) is 0 Å². The molecule has 0 saturated carbocycles. The van der Waals surface area contributed by atoms with Crippen molar-refractivity contribution < 1.29 is 24.7 Å². The standard InChI is InChI=1S/C16H21N3O2.C4H4O4/c1-11(2)18-8-6-12(7-9-18)13-10-17-14-4-3-5-15(16(13)14)19(20)21;5-3(6)1-2-4(7)8/h3-5,10-12,17H,6-9H2,1-2H3;1-2H,(H,5,6)(H,7,8). The Bertz CT molecular complexity index is 894. The molecule has 3 rings (SSSR count). The molecule has 1 aromatic heterocycles. The fraction of sp³-hybridized carbons (Fsp3) is 0.400. The summed E-state index contributed by atoms with van der Waals surface area (Å²) in [5.41, 5.74) is 2.20. The van der Waals surface area contributed by atoms with Crippen molar-refractivity contribution in [2.75, 3.05) is 13.1 Å². The highest BCUT2D eigenvalue weighted by Gasteiger charge is 2.26. The molecule has 9 nitrogen and oxygen atoms in total. The average molecular weight is 403 g/mol. The van der Waals surface area contributed by atoms with Gasteiger partial charge >= 0.3 is 11.9 Å². The van der Waals surface area contributed by atoms with Crippen LogP contribution in [0.3, 0.4) is 0 Å². The Labute approximate surface area is 167 Å². The third kappa shape index (κ3) is 5.89. The lowest BCUT2D eigenvalue weighted by Crippen LogP contribution is -2.37. The minimum absolute atomic E-state index is 0.218. The van der Waals surface area contributed by atoms with E-state index in [4.69, 9.17) is 10.2 Å². The van der Waals surface area contributed by atoms with E-state index in [1.165, 1.54) is 0 Å². The number of aromatic nitrogens is 1. The zero-order chi connectivity index (χ0) is 21.6. The van der Waals surface area contributed by atoms with Gasteiger partial charge in [0.05, 0.1) is 15.8 Å². The van der Waals surface area contributed by atoms with E-state index in [9.17, 15) is 19.7 Å². The van der Waals surface area contributed by atoms with Crippen molar-refractivity contribution in [3.05, 3.63) is 52.2 Å². The Morgan fingerprint density at radius 3 is 2.28 bits per heavy atom. The van der Waals surface area contributed by atoms with Crippen LogP contribution in [0.25, 0.3) is 10.9 Å². The number of nitrogens with zero attached hydrogens (tertiary/aromatic N) is 2. The normalized spacial score (nSPS) is 15.4. The number of benzene rings is 1. The van der Waals surface area contributed by atoms with E-state index >= 15 is 0 Å². The molecule has 0 amide bonds. The first-order valence-corrected chi connectivity index (χ1v) is 9.33. The van der Waals surface area contributed by atoms with E-state index in [0.717, 1.165) is 42.4 Å². The Morgan fingerprint density at radius 1 is 1.21 bits per heavy atom. The zero-order valence-electron chi connectivity index (χ0n) is 16.4. The summed E-state index contributed by atoms with van der Waals surface area (Å²) in [6, 6.07) is 5.82. The number of aliphatic carboxylic acids is 2. The minimum atomic E-state index is -1.26. The summed E-state index contributed by atoms with van der Waals surface area (Å²) in [5.74, 6) is -2.10. The predicted octanol–water partition coefficient (Wildman–Crippen LogP) is 3.38. The first-order chi connectivity index (χ1) is 13.7. The molecule has 29 heavy (non-hydrogen) atoms. The topological polar surface area (TPSA) is 137 Å². The third-order valence-electron chi connectivity index (χ3n) is 4.98. The van der Waals surface area contributed by atoms with Crippen molar-refractivity contribution in [1.29, 1.82) is 0 Å². The number of rotatable bonds is 5. The molecule has 1 fully saturated rings. The number of likely N-dealkylation sites (tertiary alicyclic amines) is 1. The van der Waals surface area contributed by atoms with Crippen molar-refractivity contribution >= 4 is 28.5 Å². The fourth-order valence-electron chi connectivity index (χ4n) is 3.54. The van der Waals surface area contributed by atoms with Gasteiger partial charge in [-0.15, -0.1) is 0 Å². The van der Waals surface area contributed by atoms with Crippen molar-refractivity contribution in [2.45, 2.75) is 38.6 Å². The first-order valence-electron chi connectivity index (χ1n) is 9.33. The lowest BCUT2D eigenvalue weighted by atomic mass is 9.88. The smallest absolute Gasteiger partial charge is 0.328 e. The van der Waals surface area contributed by atoms with Gasteiger partial charge in [0.25, 0.3) is 5.69 Å². The summed E-state index contributed by atoms with van der Waals surface area (Å²) in [7, 11) is 0. The number of nitro groups is 1. The molecule has 3 N–H and O–H groups in total. The van der Waals surface area contributed by atoms with E-state index in [1.54, 1.807) is 12.1 Å². The molecule has 0 spiro atoms. The molecule has 1 saturated heterocycles. The molecule has 1 aliphatic heterocycles. The Balaban J connectivity index is 0.000000321. The highest BCUT2D eigenvalue weighted by molar-refractivity contribution is 5.92. The van der Waals surface area contributed by atoms with Gasteiger partial charge in [0, 0.05) is 30.5 Å². The lowest BCUT2D eigenvalue weighted by molar-refractivity contribution is -0.383. The predicted molar refractivity (Wildman–Crippen MR) is 108 cm³/mol. The second-order valence-corrected chi connectivity index (χ2v) is 7.11. The van der Waals surface area contributed by atoms with Crippen molar-refractivity contribution in [2.24, 2.45) is 0 Å². The summed E-state index contributed by atoms with van der Waals surface area (Å²) in [6.07, 6.45) is 5.21. The zero-order valence-corrected chi connectivity index (χ0v) is 16.4. The van der Waals surface area contributed by atoms with Crippen LogP contribution in [0.1, 0.15) is 38.2 Å². The number of H-pyrrole nitrogens is 1. The van der Waals surface area contributed by atoms with Crippen LogP contribution < -0.4 is 0 Å². The maximum absolute atomic E-state index is 11.3. The number of hydrogen-bond donors (Lipinski definition) is 3. The van der Waals surface area contributed by atoms with Crippen LogP contribution in [0.2, 0.25) is 0 Å². The minimum Gasteiger partial charge on any atom is -0.478 e. The van der Waals surface area contributed by atoms with E-state index in [-0.39, 0.29) is 10.6 Å². The number of nitro benzene ring substituents is 1. The molecule has 1 aromatic carbocycles. The number of piperidine rings is 1. The lowest BCUT2D eigenvalue weighted by Gasteiger charge is -2.34. The highest BCUT2D eigenvalue weighted by atomic mass is 16.6. The molecule has 2 aromatic rings. The quantitative estimate of drug-likeness (QED) is 0.395. The van der Waals surface area contributed by atoms with Crippen molar-refractivity contribution in [3.8, 4) is 0 Å². The van der Waals surface area contributed by atoms with E-state index in [0.29, 0.717) is 24.1 Å². The molecule has 0 aliphatic carbocycles. The molecule has 1 aliphatic rings. The monoisotopic (exact) mass is 403 g/mol. The number of fused-ring (bicyclic) bond motifs is 1. The van der Waals surface area contributed by atoms with Gasteiger partial charge in [-0.25, -0.2) is 9.59 Å². The van der Waals surface area contributed by atoms with Gasteiger partial charge in [-0.05, 0) is 57.3 Å². The molecule has 0 atom stereocenters. The van der Waals surface area contributed by atoms with Crippen LogP contribution in [0.4, 0.5) is 5.69 Å². The third-order valence-corrected chi connectivity index (χ3v) is 4.98. The van der Waals surface area contributed by atoms with Gasteiger partial charge in [0.1, 0.15) is 0 Å². The molecular formula is C20H25N3O6. The summed E-state index contributed by atoms with van der Waals surface area (Å²) in [5, 5.41) is 27.7. The average Bonchev–Trinajstić information content (AvgIpc) is 3.11. The number of nitrogens with one attached hydrogen (secondary N) is 1. The molecule has 2 heterocycles. The van der Waals surface area contributed by atoms with Crippen LogP contribution in [0.5, 0.6) is 0 Å². The van der Waals surface area contributed by atoms with Gasteiger partial charge in [-0.2, -0.15) is 0 Å². The van der Waals surface area contributed by atoms with Crippen LogP contribution in [0.15, 0.2) is 36.5 Å². The summed E-state index contributed by atoms with van der Waals surface area (Å²) < 4.78 is 0. The number of hydrogen-bond acceptors (Lipinski definition) is 5. The summed E-state index contributed by atoms with van der Waals surface area (Å²) in [6.45, 7) is 6.57. The fourth-order valence-corrected chi connectivity index (χ4v) is 3.54. The van der Waals surface area contributed by atoms with Crippen LogP contribution in [0, 0.1) is 10.1 Å². The molecule has 0 bridgehead atoms. The van der Waals surface area contributed by atoms with E-state index in [1.807, 2.05) is 12.3 Å². The number of aromatic amines is 1. The number of carbonyl (C=O) groups is 2. The van der Waals surface area contributed by atoms with Crippen LogP contribution in [-0.4, -0.2) is 56.1 Å². The summed E-state index contributed by atoms with van der Waals surface area (Å²) in [4.78, 5) is 35.8. The second-order valence-electron chi connectivity index (χ2n) is 7.11. The van der Waals surface area contributed by atoms with Gasteiger partial charge < -0.3 is 20.1 Å². The van der Waals surface area contributed by atoms with Crippen LogP contribution >= 0.6 is 0 Å².